The van der Waals surface area contributed by atoms with Crippen LogP contribution in [-0.2, 0) is 4.79 Å². The van der Waals surface area contributed by atoms with Crippen molar-refractivity contribution in [2.75, 3.05) is 26.1 Å². The van der Waals surface area contributed by atoms with Gasteiger partial charge < -0.3 is 20.1 Å². The molecule has 0 saturated carbocycles. The number of methoxy groups -OCH3 is 2. The second-order valence-electron chi connectivity index (χ2n) is 4.90. The van der Waals surface area contributed by atoms with E-state index < -0.39 is 17.6 Å². The minimum absolute atomic E-state index is 0.138. The van der Waals surface area contributed by atoms with E-state index in [1.165, 1.54) is 50.6 Å². The zero-order valence-electron chi connectivity index (χ0n) is 13.6. The Bertz CT molecular complexity index is 798. The van der Waals surface area contributed by atoms with Crippen LogP contribution < -0.4 is 20.1 Å². The molecule has 0 radical (unpaired) electrons. The molecule has 2 aromatic rings. The highest BCUT2D eigenvalue weighted by Gasteiger charge is 2.15. The van der Waals surface area contributed by atoms with Crippen molar-refractivity contribution in [3.8, 4) is 11.5 Å². The lowest BCUT2D eigenvalue weighted by Crippen LogP contribution is -2.33. The van der Waals surface area contributed by atoms with Crippen LogP contribution in [0, 0.1) is 5.82 Å². The Labute approximate surface area is 148 Å². The molecule has 0 atom stereocenters. The third-order valence-electron chi connectivity index (χ3n) is 3.28. The fourth-order valence-corrected chi connectivity index (χ4v) is 2.28. The minimum Gasteiger partial charge on any atom is -0.495 e. The van der Waals surface area contributed by atoms with Crippen molar-refractivity contribution in [3.63, 3.8) is 0 Å². The van der Waals surface area contributed by atoms with E-state index in [2.05, 4.69) is 10.6 Å². The van der Waals surface area contributed by atoms with Crippen LogP contribution in [0.3, 0.4) is 0 Å². The largest absolute Gasteiger partial charge is 0.495 e. The second kappa shape index (κ2) is 8.34. The Hall–Kier alpha value is -2.80. The number of halogens is 2. The number of nitrogens with one attached hydrogen (secondary N) is 2. The summed E-state index contributed by atoms with van der Waals surface area (Å²) in [6, 6.07) is 8.49. The summed E-state index contributed by atoms with van der Waals surface area (Å²) in [4.78, 5) is 23.9. The molecule has 2 rings (SSSR count). The van der Waals surface area contributed by atoms with Crippen LogP contribution in [-0.4, -0.2) is 32.6 Å². The summed E-state index contributed by atoms with van der Waals surface area (Å²) in [5, 5.41) is 5.25. The SMILES string of the molecule is COc1cc(NC(=O)CNC(=O)c2ccccc2F)c(OC)cc1Cl. The zero-order valence-corrected chi connectivity index (χ0v) is 14.3. The lowest BCUT2D eigenvalue weighted by Gasteiger charge is -2.13. The van der Waals surface area contributed by atoms with E-state index in [0.29, 0.717) is 22.2 Å². The minimum atomic E-state index is -0.686. The van der Waals surface area contributed by atoms with Crippen LogP contribution in [0.5, 0.6) is 11.5 Å². The van der Waals surface area contributed by atoms with Crippen LogP contribution in [0.25, 0.3) is 0 Å². The van der Waals surface area contributed by atoms with Gasteiger partial charge in [-0.1, -0.05) is 23.7 Å². The molecular formula is C17H16ClFN2O4. The monoisotopic (exact) mass is 366 g/mol. The molecule has 0 aliphatic rings. The van der Waals surface area contributed by atoms with Gasteiger partial charge in [0.25, 0.3) is 5.91 Å². The molecule has 2 aromatic carbocycles. The first-order valence-electron chi connectivity index (χ1n) is 7.20. The summed E-state index contributed by atoms with van der Waals surface area (Å²) in [5.74, 6) is -1.18. The maximum Gasteiger partial charge on any atom is 0.254 e. The van der Waals surface area contributed by atoms with Gasteiger partial charge in [-0.25, -0.2) is 4.39 Å². The van der Waals surface area contributed by atoms with Gasteiger partial charge in [-0.15, -0.1) is 0 Å². The Morgan fingerprint density at radius 1 is 1.12 bits per heavy atom. The average molecular weight is 367 g/mol. The molecule has 132 valence electrons. The number of hydrogen-bond acceptors (Lipinski definition) is 4. The molecule has 0 aromatic heterocycles. The number of rotatable bonds is 6. The van der Waals surface area contributed by atoms with Crippen LogP contribution >= 0.6 is 11.6 Å². The normalized spacial score (nSPS) is 10.1. The summed E-state index contributed by atoms with van der Waals surface area (Å²) in [6.07, 6.45) is 0. The Morgan fingerprint density at radius 3 is 2.44 bits per heavy atom. The third-order valence-corrected chi connectivity index (χ3v) is 3.57. The molecule has 0 aliphatic carbocycles. The lowest BCUT2D eigenvalue weighted by molar-refractivity contribution is -0.115. The summed E-state index contributed by atoms with van der Waals surface area (Å²) in [7, 11) is 2.86. The standard InChI is InChI=1S/C17H16ClFN2O4/c1-24-14-8-13(15(25-2)7-11(14)18)21-16(22)9-20-17(23)10-5-3-4-6-12(10)19/h3-8H,9H2,1-2H3,(H,20,23)(H,21,22). The van der Waals surface area contributed by atoms with Crippen molar-refractivity contribution < 1.29 is 23.5 Å². The van der Waals surface area contributed by atoms with Gasteiger partial charge in [0.2, 0.25) is 5.91 Å². The number of hydrogen-bond donors (Lipinski definition) is 2. The maximum absolute atomic E-state index is 13.5. The first-order chi connectivity index (χ1) is 12.0. The quantitative estimate of drug-likeness (QED) is 0.824. The van der Waals surface area contributed by atoms with Crippen LogP contribution in [0.1, 0.15) is 10.4 Å². The number of ether oxygens (including phenoxy) is 2. The molecule has 2 amide bonds. The molecule has 0 fully saturated rings. The predicted molar refractivity (Wildman–Crippen MR) is 91.9 cm³/mol. The number of anilines is 1. The molecule has 8 heteroatoms. The van der Waals surface area contributed by atoms with Gasteiger partial charge in [-0.2, -0.15) is 0 Å². The van der Waals surface area contributed by atoms with E-state index in [1.807, 2.05) is 0 Å². The summed E-state index contributed by atoms with van der Waals surface area (Å²) in [6.45, 7) is -0.346. The molecule has 0 saturated heterocycles. The van der Waals surface area contributed by atoms with E-state index in [1.54, 1.807) is 0 Å². The van der Waals surface area contributed by atoms with Crippen molar-refractivity contribution in [3.05, 3.63) is 52.8 Å². The van der Waals surface area contributed by atoms with E-state index in [0.717, 1.165) is 0 Å². The van der Waals surface area contributed by atoms with E-state index in [4.69, 9.17) is 21.1 Å². The van der Waals surface area contributed by atoms with Gasteiger partial charge in [0, 0.05) is 12.1 Å². The van der Waals surface area contributed by atoms with Crippen molar-refractivity contribution >= 4 is 29.1 Å². The highest BCUT2D eigenvalue weighted by Crippen LogP contribution is 2.35. The first-order valence-corrected chi connectivity index (χ1v) is 7.58. The van der Waals surface area contributed by atoms with Gasteiger partial charge in [-0.05, 0) is 12.1 Å². The highest BCUT2D eigenvalue weighted by molar-refractivity contribution is 6.32. The van der Waals surface area contributed by atoms with Crippen molar-refractivity contribution in [1.29, 1.82) is 0 Å². The number of amides is 2. The van der Waals surface area contributed by atoms with Crippen molar-refractivity contribution in [2.24, 2.45) is 0 Å². The molecule has 0 spiro atoms. The molecule has 2 N–H and O–H groups in total. The second-order valence-corrected chi connectivity index (χ2v) is 5.30. The van der Waals surface area contributed by atoms with Gasteiger partial charge in [0.15, 0.2) is 0 Å². The van der Waals surface area contributed by atoms with Crippen LogP contribution in [0.15, 0.2) is 36.4 Å². The molecule has 0 heterocycles. The Balaban J connectivity index is 2.03. The number of carbonyl (C=O) groups excluding carboxylic acids is 2. The Morgan fingerprint density at radius 2 is 1.80 bits per heavy atom. The molecule has 0 bridgehead atoms. The van der Waals surface area contributed by atoms with Crippen molar-refractivity contribution in [1.82, 2.24) is 5.32 Å². The van der Waals surface area contributed by atoms with E-state index >= 15 is 0 Å². The molecular weight excluding hydrogens is 351 g/mol. The molecule has 6 nitrogen and oxygen atoms in total. The number of carbonyl (C=O) groups is 2. The predicted octanol–water partition coefficient (Wildman–Crippen LogP) is 2.86. The summed E-state index contributed by atoms with van der Waals surface area (Å²) in [5.41, 5.74) is 0.190. The number of benzene rings is 2. The molecule has 0 aliphatic heterocycles. The fourth-order valence-electron chi connectivity index (χ4n) is 2.05. The van der Waals surface area contributed by atoms with E-state index in [9.17, 15) is 14.0 Å². The summed E-state index contributed by atoms with van der Waals surface area (Å²) < 4.78 is 23.8. The van der Waals surface area contributed by atoms with Gasteiger partial charge in [0.05, 0.1) is 37.0 Å². The fraction of sp³-hybridized carbons (Fsp3) is 0.176. The molecule has 0 unspecified atom stereocenters. The molecule has 25 heavy (non-hydrogen) atoms. The first kappa shape index (κ1) is 18.5. The van der Waals surface area contributed by atoms with Crippen LogP contribution in [0.4, 0.5) is 10.1 Å². The van der Waals surface area contributed by atoms with Gasteiger partial charge >= 0.3 is 0 Å². The summed E-state index contributed by atoms with van der Waals surface area (Å²) >= 11 is 5.99. The van der Waals surface area contributed by atoms with Crippen molar-refractivity contribution in [2.45, 2.75) is 0 Å². The third kappa shape index (κ3) is 4.60. The van der Waals surface area contributed by atoms with Crippen LogP contribution in [0.2, 0.25) is 5.02 Å². The Kier molecular flexibility index (Phi) is 6.19. The zero-order chi connectivity index (χ0) is 18.4. The van der Waals surface area contributed by atoms with Gasteiger partial charge in [-0.3, -0.25) is 9.59 Å². The average Bonchev–Trinajstić information content (AvgIpc) is 2.61. The lowest BCUT2D eigenvalue weighted by atomic mass is 10.2. The highest BCUT2D eigenvalue weighted by atomic mass is 35.5. The topological polar surface area (TPSA) is 76.7 Å². The maximum atomic E-state index is 13.5. The smallest absolute Gasteiger partial charge is 0.254 e. The van der Waals surface area contributed by atoms with Gasteiger partial charge in [0.1, 0.15) is 17.3 Å². The van der Waals surface area contributed by atoms with E-state index in [-0.39, 0.29) is 12.1 Å².